The van der Waals surface area contributed by atoms with E-state index in [1.165, 1.54) is 6.07 Å². The molecule has 0 saturated heterocycles. The van der Waals surface area contributed by atoms with Crippen molar-refractivity contribution in [1.29, 1.82) is 0 Å². The van der Waals surface area contributed by atoms with Crippen LogP contribution in [-0.2, 0) is 13.0 Å². The van der Waals surface area contributed by atoms with Gasteiger partial charge in [-0.25, -0.2) is 8.78 Å². The molecule has 1 aliphatic heterocycles. The lowest BCUT2D eigenvalue weighted by Gasteiger charge is -2.23. The number of aromatic nitrogens is 1. The normalized spacial score (nSPS) is 13.2. The average Bonchev–Trinajstić information content (AvgIpc) is 2.58. The van der Waals surface area contributed by atoms with Gasteiger partial charge in [-0.15, -0.1) is 0 Å². The van der Waals surface area contributed by atoms with Crippen molar-refractivity contribution >= 4 is 11.6 Å². The molecule has 1 aromatic heterocycles. The van der Waals surface area contributed by atoms with Gasteiger partial charge in [0.05, 0.1) is 12.3 Å². The molecule has 7 heteroatoms. The average molecular weight is 348 g/mol. The number of pyridine rings is 1. The summed E-state index contributed by atoms with van der Waals surface area (Å²) >= 11 is 0. The van der Waals surface area contributed by atoms with Gasteiger partial charge in [-0.2, -0.15) is 0 Å². The Balaban J connectivity index is 2.06. The van der Waals surface area contributed by atoms with Crippen molar-refractivity contribution in [3.05, 3.63) is 57.5 Å². The van der Waals surface area contributed by atoms with E-state index in [1.54, 1.807) is 11.5 Å². The number of nitrogens with zero attached hydrogens (tertiary/aromatic N) is 1. The Morgan fingerprint density at radius 3 is 2.84 bits per heavy atom. The first-order chi connectivity index (χ1) is 12.0. The van der Waals surface area contributed by atoms with E-state index in [0.717, 1.165) is 31.0 Å². The number of carbonyl (C=O) groups is 1. The SMILES string of the molecule is CCOc1cc(=O)n2c(c1C(=O)Nc1cc(F)ccc1F)CCCC2. The Bertz CT molecular complexity index is 877. The third kappa shape index (κ3) is 3.40. The summed E-state index contributed by atoms with van der Waals surface area (Å²) in [7, 11) is 0. The molecular weight excluding hydrogens is 330 g/mol. The first-order valence-corrected chi connectivity index (χ1v) is 8.17. The Labute approximate surface area is 143 Å². The molecule has 0 fully saturated rings. The van der Waals surface area contributed by atoms with Crippen LogP contribution in [-0.4, -0.2) is 17.1 Å². The van der Waals surface area contributed by atoms with Crippen molar-refractivity contribution in [2.45, 2.75) is 32.7 Å². The molecule has 25 heavy (non-hydrogen) atoms. The van der Waals surface area contributed by atoms with Crippen molar-refractivity contribution in [2.24, 2.45) is 0 Å². The third-order valence-electron chi connectivity index (χ3n) is 4.13. The molecule has 0 aliphatic carbocycles. The fourth-order valence-corrected chi connectivity index (χ4v) is 3.03. The predicted molar refractivity (Wildman–Crippen MR) is 89.1 cm³/mol. The molecule has 1 N–H and O–H groups in total. The highest BCUT2D eigenvalue weighted by Crippen LogP contribution is 2.27. The molecule has 1 aliphatic rings. The molecule has 0 saturated carbocycles. The first kappa shape index (κ1) is 17.1. The van der Waals surface area contributed by atoms with Gasteiger partial charge in [0.25, 0.3) is 11.5 Å². The number of nitrogens with one attached hydrogen (secondary N) is 1. The molecule has 1 aromatic carbocycles. The van der Waals surface area contributed by atoms with Crippen LogP contribution in [0.15, 0.2) is 29.1 Å². The molecule has 132 valence electrons. The van der Waals surface area contributed by atoms with Crippen LogP contribution < -0.4 is 15.6 Å². The van der Waals surface area contributed by atoms with E-state index in [0.29, 0.717) is 18.7 Å². The number of hydrogen-bond acceptors (Lipinski definition) is 3. The van der Waals surface area contributed by atoms with Crippen LogP contribution in [0.4, 0.5) is 14.5 Å². The number of halogens is 2. The van der Waals surface area contributed by atoms with Gasteiger partial charge in [-0.1, -0.05) is 0 Å². The summed E-state index contributed by atoms with van der Waals surface area (Å²) in [6.07, 6.45) is 2.23. The maximum Gasteiger partial charge on any atom is 0.261 e. The fraction of sp³-hybridized carbons (Fsp3) is 0.333. The molecule has 0 atom stereocenters. The predicted octanol–water partition coefficient (Wildman–Crippen LogP) is 3.11. The first-order valence-electron chi connectivity index (χ1n) is 8.17. The monoisotopic (exact) mass is 348 g/mol. The summed E-state index contributed by atoms with van der Waals surface area (Å²) in [5.74, 6) is -1.86. The molecule has 0 bridgehead atoms. The minimum Gasteiger partial charge on any atom is -0.493 e. The second kappa shape index (κ2) is 7.04. The van der Waals surface area contributed by atoms with Crippen LogP contribution in [0, 0.1) is 11.6 Å². The summed E-state index contributed by atoms with van der Waals surface area (Å²) in [6, 6.07) is 4.10. The number of ether oxygens (including phenoxy) is 1. The Morgan fingerprint density at radius 1 is 1.28 bits per heavy atom. The number of fused-ring (bicyclic) bond motifs is 1. The zero-order chi connectivity index (χ0) is 18.0. The molecule has 3 rings (SSSR count). The summed E-state index contributed by atoms with van der Waals surface area (Å²) in [4.78, 5) is 25.0. The summed E-state index contributed by atoms with van der Waals surface area (Å²) < 4.78 is 34.2. The number of anilines is 1. The van der Waals surface area contributed by atoms with Gasteiger partial charge in [0.2, 0.25) is 0 Å². The summed E-state index contributed by atoms with van der Waals surface area (Å²) in [5.41, 5.74) is 0.279. The highest BCUT2D eigenvalue weighted by atomic mass is 19.1. The molecule has 5 nitrogen and oxygen atoms in total. The van der Waals surface area contributed by atoms with Gasteiger partial charge in [0.15, 0.2) is 0 Å². The standard InChI is InChI=1S/C18H18F2N2O3/c1-2-25-15-10-16(23)22-8-4-3-5-14(22)17(15)18(24)21-13-9-11(19)6-7-12(13)20/h6-7,9-10H,2-5,8H2,1H3,(H,21,24). The second-order valence-corrected chi connectivity index (χ2v) is 5.79. The quantitative estimate of drug-likeness (QED) is 0.924. The lowest BCUT2D eigenvalue weighted by molar-refractivity contribution is 0.102. The van der Waals surface area contributed by atoms with Crippen LogP contribution in [0.2, 0.25) is 0 Å². The summed E-state index contributed by atoms with van der Waals surface area (Å²) in [6.45, 7) is 2.54. The van der Waals surface area contributed by atoms with E-state index in [1.807, 2.05) is 0 Å². The highest BCUT2D eigenvalue weighted by molar-refractivity contribution is 6.07. The van der Waals surface area contributed by atoms with Gasteiger partial charge in [0.1, 0.15) is 22.9 Å². The third-order valence-corrected chi connectivity index (χ3v) is 4.13. The smallest absolute Gasteiger partial charge is 0.261 e. The van der Waals surface area contributed by atoms with Gasteiger partial charge < -0.3 is 14.6 Å². The topological polar surface area (TPSA) is 60.3 Å². The van der Waals surface area contributed by atoms with E-state index in [4.69, 9.17) is 4.74 Å². The van der Waals surface area contributed by atoms with Crippen LogP contribution >= 0.6 is 0 Å². The second-order valence-electron chi connectivity index (χ2n) is 5.79. The van der Waals surface area contributed by atoms with Gasteiger partial charge in [-0.3, -0.25) is 9.59 Å². The lowest BCUT2D eigenvalue weighted by Crippen LogP contribution is -2.31. The number of amides is 1. The Morgan fingerprint density at radius 2 is 2.08 bits per heavy atom. The van der Waals surface area contributed by atoms with Crippen LogP contribution in [0.25, 0.3) is 0 Å². The van der Waals surface area contributed by atoms with Crippen LogP contribution in [0.3, 0.4) is 0 Å². The molecule has 0 radical (unpaired) electrons. The highest BCUT2D eigenvalue weighted by Gasteiger charge is 2.25. The maximum absolute atomic E-state index is 13.8. The zero-order valence-corrected chi connectivity index (χ0v) is 13.8. The lowest BCUT2D eigenvalue weighted by atomic mass is 10.0. The number of carbonyl (C=O) groups excluding carboxylic acids is 1. The number of hydrogen-bond donors (Lipinski definition) is 1. The van der Waals surface area contributed by atoms with Gasteiger partial charge in [-0.05, 0) is 38.3 Å². The van der Waals surface area contributed by atoms with E-state index in [2.05, 4.69) is 5.32 Å². The maximum atomic E-state index is 13.8. The molecule has 2 aromatic rings. The zero-order valence-electron chi connectivity index (χ0n) is 13.8. The van der Waals surface area contributed by atoms with E-state index in [-0.39, 0.29) is 29.2 Å². The fourth-order valence-electron chi connectivity index (χ4n) is 3.03. The summed E-state index contributed by atoms with van der Waals surface area (Å²) in [5, 5.41) is 2.39. The molecular formula is C18H18F2N2O3. The van der Waals surface area contributed by atoms with Crippen LogP contribution in [0.5, 0.6) is 5.75 Å². The Kier molecular flexibility index (Phi) is 4.83. The van der Waals surface area contributed by atoms with Crippen molar-refractivity contribution in [3.8, 4) is 5.75 Å². The Hall–Kier alpha value is -2.70. The molecule has 2 heterocycles. The minimum absolute atomic E-state index is 0.162. The number of rotatable bonds is 4. The van der Waals surface area contributed by atoms with Gasteiger partial charge in [0, 0.05) is 24.4 Å². The van der Waals surface area contributed by atoms with Crippen molar-refractivity contribution < 1.29 is 18.3 Å². The van der Waals surface area contributed by atoms with E-state index < -0.39 is 17.5 Å². The van der Waals surface area contributed by atoms with Crippen LogP contribution in [0.1, 0.15) is 35.8 Å². The molecule has 0 unspecified atom stereocenters. The molecule has 0 spiro atoms. The number of benzene rings is 1. The van der Waals surface area contributed by atoms with Crippen molar-refractivity contribution in [2.75, 3.05) is 11.9 Å². The minimum atomic E-state index is -0.741. The largest absolute Gasteiger partial charge is 0.493 e. The van der Waals surface area contributed by atoms with E-state index in [9.17, 15) is 18.4 Å². The van der Waals surface area contributed by atoms with Crippen molar-refractivity contribution in [1.82, 2.24) is 4.57 Å². The van der Waals surface area contributed by atoms with Gasteiger partial charge >= 0.3 is 0 Å². The van der Waals surface area contributed by atoms with E-state index >= 15 is 0 Å². The molecule has 1 amide bonds. The van der Waals surface area contributed by atoms with Crippen molar-refractivity contribution in [3.63, 3.8) is 0 Å².